The molecule has 6 heteroatoms. The van der Waals surface area contributed by atoms with Crippen LogP contribution in [0.1, 0.15) is 265 Å². The van der Waals surface area contributed by atoms with Crippen LogP contribution in [0, 0.1) is 0 Å². The van der Waals surface area contributed by atoms with Crippen LogP contribution in [0.4, 0.5) is 0 Å². The van der Waals surface area contributed by atoms with Gasteiger partial charge in [-0.1, -0.05) is 221 Å². The molecule has 0 aromatic heterocycles. The van der Waals surface area contributed by atoms with E-state index in [9.17, 15) is 14.4 Å². The van der Waals surface area contributed by atoms with Gasteiger partial charge in [0.05, 0.1) is 0 Å². The lowest BCUT2D eigenvalue weighted by atomic mass is 10.1. The van der Waals surface area contributed by atoms with E-state index in [-0.39, 0.29) is 31.1 Å². The summed E-state index contributed by atoms with van der Waals surface area (Å²) < 4.78 is 16.8. The van der Waals surface area contributed by atoms with Gasteiger partial charge < -0.3 is 14.2 Å². The summed E-state index contributed by atoms with van der Waals surface area (Å²) >= 11 is 0. The Balaban J connectivity index is 4.40. The zero-order chi connectivity index (χ0) is 48.6. The van der Waals surface area contributed by atoms with Crippen molar-refractivity contribution in [2.75, 3.05) is 13.2 Å². The highest BCUT2D eigenvalue weighted by molar-refractivity contribution is 5.71. The van der Waals surface area contributed by atoms with E-state index in [2.05, 4.69) is 106 Å². The first-order valence-corrected chi connectivity index (χ1v) is 28.1. The number of allylic oxidation sites excluding steroid dienone is 14. The molecule has 1 atom stereocenters. The van der Waals surface area contributed by atoms with Gasteiger partial charge in [0, 0.05) is 19.3 Å². The van der Waals surface area contributed by atoms with E-state index in [1.54, 1.807) is 0 Å². The quantitative estimate of drug-likeness (QED) is 0.0262. The Morgan fingerprint density at radius 2 is 0.582 bits per heavy atom. The second kappa shape index (κ2) is 55.2. The number of carbonyl (C=O) groups excluding carboxylic acids is 3. The summed E-state index contributed by atoms with van der Waals surface area (Å²) in [6.07, 6.45) is 71.4. The molecule has 0 fully saturated rings. The van der Waals surface area contributed by atoms with Crippen LogP contribution >= 0.6 is 0 Å². The van der Waals surface area contributed by atoms with Gasteiger partial charge in [0.15, 0.2) is 6.10 Å². The van der Waals surface area contributed by atoms with Gasteiger partial charge in [-0.15, -0.1) is 0 Å². The van der Waals surface area contributed by atoms with Crippen molar-refractivity contribution in [2.45, 2.75) is 271 Å². The van der Waals surface area contributed by atoms with Crippen molar-refractivity contribution in [1.29, 1.82) is 0 Å². The lowest BCUT2D eigenvalue weighted by molar-refractivity contribution is -0.167. The first-order valence-electron chi connectivity index (χ1n) is 28.1. The topological polar surface area (TPSA) is 78.9 Å². The third-order valence-electron chi connectivity index (χ3n) is 11.9. The van der Waals surface area contributed by atoms with Crippen LogP contribution in [0.15, 0.2) is 85.1 Å². The molecule has 1 unspecified atom stereocenters. The highest BCUT2D eigenvalue weighted by Gasteiger charge is 2.19. The van der Waals surface area contributed by atoms with E-state index in [1.807, 2.05) is 0 Å². The first kappa shape index (κ1) is 63.6. The average Bonchev–Trinajstić information content (AvgIpc) is 3.33. The first-order chi connectivity index (χ1) is 33.0. The van der Waals surface area contributed by atoms with E-state index in [4.69, 9.17) is 14.2 Å². The molecule has 67 heavy (non-hydrogen) atoms. The van der Waals surface area contributed by atoms with E-state index in [0.717, 1.165) is 109 Å². The van der Waals surface area contributed by atoms with Crippen LogP contribution in [0.3, 0.4) is 0 Å². The minimum Gasteiger partial charge on any atom is -0.462 e. The second-order valence-electron chi connectivity index (χ2n) is 18.4. The van der Waals surface area contributed by atoms with Gasteiger partial charge in [-0.2, -0.15) is 0 Å². The van der Waals surface area contributed by atoms with E-state index >= 15 is 0 Å². The molecule has 0 aliphatic rings. The summed E-state index contributed by atoms with van der Waals surface area (Å²) in [6, 6.07) is 0. The fourth-order valence-electron chi connectivity index (χ4n) is 7.70. The Morgan fingerprint density at radius 1 is 0.313 bits per heavy atom. The van der Waals surface area contributed by atoms with Gasteiger partial charge in [-0.25, -0.2) is 0 Å². The Hall–Kier alpha value is -3.41. The minimum absolute atomic E-state index is 0.0910. The lowest BCUT2D eigenvalue weighted by Crippen LogP contribution is -2.30. The lowest BCUT2D eigenvalue weighted by Gasteiger charge is -2.18. The van der Waals surface area contributed by atoms with Crippen LogP contribution in [-0.4, -0.2) is 37.2 Å². The standard InChI is InChI=1S/C61H104O6/c1-4-7-10-13-16-19-22-25-27-29-30-32-33-36-39-42-45-48-51-54-60(63)66-57-58(56-65-59(62)53-50-47-44-41-38-35-24-21-18-15-12-9-6-3)67-61(64)55-52-49-46-43-40-37-34-31-28-26-23-20-17-14-11-8-5-2/h8-9,11-12,17-18,20-21,25-28,35,38,58H,4-7,10,13-16,19,22-24,29-34,36-37,39-57H2,1-3H3/b11-8-,12-9-,20-17-,21-18-,27-25-,28-26-,38-35-. The van der Waals surface area contributed by atoms with Crippen LogP contribution < -0.4 is 0 Å². The van der Waals surface area contributed by atoms with Gasteiger partial charge >= 0.3 is 17.9 Å². The molecule has 0 aromatic carbocycles. The van der Waals surface area contributed by atoms with Crippen LogP contribution in [0.25, 0.3) is 0 Å². The predicted octanol–water partition coefficient (Wildman–Crippen LogP) is 18.8. The predicted molar refractivity (Wildman–Crippen MR) is 288 cm³/mol. The number of hydrogen-bond acceptors (Lipinski definition) is 6. The summed E-state index contributed by atoms with van der Waals surface area (Å²) in [6.45, 7) is 6.39. The van der Waals surface area contributed by atoms with Crippen LogP contribution in [-0.2, 0) is 28.6 Å². The van der Waals surface area contributed by atoms with Crippen LogP contribution in [0.2, 0.25) is 0 Å². The molecule has 0 amide bonds. The maximum absolute atomic E-state index is 12.8. The van der Waals surface area contributed by atoms with E-state index in [0.29, 0.717) is 19.3 Å². The number of esters is 3. The summed E-state index contributed by atoms with van der Waals surface area (Å²) in [4.78, 5) is 38.1. The highest BCUT2D eigenvalue weighted by atomic mass is 16.6. The number of ether oxygens (including phenoxy) is 3. The molecule has 0 aliphatic carbocycles. The van der Waals surface area contributed by atoms with Crippen LogP contribution in [0.5, 0.6) is 0 Å². The summed E-state index contributed by atoms with van der Waals surface area (Å²) in [5.74, 6) is -0.930. The Morgan fingerprint density at radius 3 is 0.940 bits per heavy atom. The second-order valence-corrected chi connectivity index (χ2v) is 18.4. The van der Waals surface area contributed by atoms with Crippen molar-refractivity contribution in [1.82, 2.24) is 0 Å². The largest absolute Gasteiger partial charge is 0.462 e. The molecule has 384 valence electrons. The smallest absolute Gasteiger partial charge is 0.306 e. The zero-order valence-corrected chi connectivity index (χ0v) is 43.9. The van der Waals surface area contributed by atoms with Crippen molar-refractivity contribution in [2.24, 2.45) is 0 Å². The minimum atomic E-state index is -0.795. The number of unbranched alkanes of at least 4 members (excludes halogenated alkanes) is 25. The molecule has 6 nitrogen and oxygen atoms in total. The number of hydrogen-bond donors (Lipinski definition) is 0. The van der Waals surface area contributed by atoms with Gasteiger partial charge in [0.25, 0.3) is 0 Å². The molecule has 0 rings (SSSR count). The van der Waals surface area contributed by atoms with Gasteiger partial charge in [0.2, 0.25) is 0 Å². The van der Waals surface area contributed by atoms with Gasteiger partial charge in [-0.05, 0) is 109 Å². The van der Waals surface area contributed by atoms with Crippen molar-refractivity contribution in [3.8, 4) is 0 Å². The molecule has 0 aromatic rings. The van der Waals surface area contributed by atoms with Crippen molar-refractivity contribution in [3.63, 3.8) is 0 Å². The summed E-state index contributed by atoms with van der Waals surface area (Å²) in [5.41, 5.74) is 0. The normalized spacial score (nSPS) is 12.7. The fraction of sp³-hybridized carbons (Fsp3) is 0.721. The average molecular weight is 933 g/mol. The maximum atomic E-state index is 12.8. The van der Waals surface area contributed by atoms with E-state index < -0.39 is 6.10 Å². The van der Waals surface area contributed by atoms with Gasteiger partial charge in [-0.3, -0.25) is 14.4 Å². The Bertz CT molecular complexity index is 1300. The van der Waals surface area contributed by atoms with Crippen molar-refractivity contribution in [3.05, 3.63) is 85.1 Å². The molecule has 0 saturated carbocycles. The highest BCUT2D eigenvalue weighted by Crippen LogP contribution is 2.15. The number of rotatable bonds is 50. The number of carbonyl (C=O) groups is 3. The molecule has 0 aliphatic heterocycles. The molecular weight excluding hydrogens is 829 g/mol. The van der Waals surface area contributed by atoms with Crippen molar-refractivity contribution < 1.29 is 28.6 Å². The zero-order valence-electron chi connectivity index (χ0n) is 43.9. The van der Waals surface area contributed by atoms with Crippen molar-refractivity contribution >= 4 is 17.9 Å². The SMILES string of the molecule is CC/C=C\C/C=C\C/C=C\CCCCCCCCCC(=O)OC(COC(=O)CCCCC/C=C\C/C=C\C/C=C\CC)COC(=O)CCCCCCCCCCC/C=C\CCCCCCCC. The molecule has 0 bridgehead atoms. The molecular formula is C61H104O6. The molecule has 0 saturated heterocycles. The third kappa shape index (κ3) is 53.4. The Labute approximate surface area is 414 Å². The molecule has 0 spiro atoms. The Kier molecular flexibility index (Phi) is 52.4. The van der Waals surface area contributed by atoms with E-state index in [1.165, 1.54) is 116 Å². The fourth-order valence-corrected chi connectivity index (χ4v) is 7.70. The molecule has 0 radical (unpaired) electrons. The third-order valence-corrected chi connectivity index (χ3v) is 11.9. The molecule has 0 heterocycles. The summed E-state index contributed by atoms with van der Waals surface area (Å²) in [7, 11) is 0. The molecule has 0 N–H and O–H groups in total. The van der Waals surface area contributed by atoms with Gasteiger partial charge in [0.1, 0.15) is 13.2 Å². The monoisotopic (exact) mass is 933 g/mol. The maximum Gasteiger partial charge on any atom is 0.306 e. The summed E-state index contributed by atoms with van der Waals surface area (Å²) in [5, 5.41) is 0.